The molecule has 1 amide bonds. The standard InChI is InChI=1S/C14H18F2N2O2.ClH/c15-14(16)20-12-5-3-10(4-6-12)8-18-13(19)11-2-1-7-17-9-11;/h3-6,11,14,17H,1-2,7-9H2,(H,18,19);1H/t11-;/m1./s1. The molecule has 0 unspecified atom stereocenters. The third-order valence-corrected chi connectivity index (χ3v) is 3.28. The first-order valence-corrected chi connectivity index (χ1v) is 6.67. The number of rotatable bonds is 5. The van der Waals surface area contributed by atoms with E-state index >= 15 is 0 Å². The van der Waals surface area contributed by atoms with Gasteiger partial charge >= 0.3 is 6.61 Å². The lowest BCUT2D eigenvalue weighted by Crippen LogP contribution is -2.40. The van der Waals surface area contributed by atoms with E-state index in [9.17, 15) is 13.6 Å². The van der Waals surface area contributed by atoms with Gasteiger partial charge in [0.1, 0.15) is 5.75 Å². The van der Waals surface area contributed by atoms with Gasteiger partial charge in [-0.2, -0.15) is 8.78 Å². The number of alkyl halides is 2. The van der Waals surface area contributed by atoms with Crippen molar-refractivity contribution in [3.63, 3.8) is 0 Å². The van der Waals surface area contributed by atoms with Crippen molar-refractivity contribution in [2.75, 3.05) is 13.1 Å². The molecule has 1 aliphatic rings. The number of amides is 1. The summed E-state index contributed by atoms with van der Waals surface area (Å²) in [5.41, 5.74) is 0.851. The highest BCUT2D eigenvalue weighted by Gasteiger charge is 2.20. The topological polar surface area (TPSA) is 50.4 Å². The predicted molar refractivity (Wildman–Crippen MR) is 77.8 cm³/mol. The third-order valence-electron chi connectivity index (χ3n) is 3.28. The van der Waals surface area contributed by atoms with Gasteiger partial charge in [-0.1, -0.05) is 12.1 Å². The number of hydrogen-bond donors (Lipinski definition) is 2. The van der Waals surface area contributed by atoms with E-state index in [1.54, 1.807) is 12.1 Å². The quantitative estimate of drug-likeness (QED) is 0.875. The summed E-state index contributed by atoms with van der Waals surface area (Å²) in [5, 5.41) is 6.05. The van der Waals surface area contributed by atoms with Crippen LogP contribution < -0.4 is 15.4 Å². The van der Waals surface area contributed by atoms with Crippen LogP contribution in [-0.2, 0) is 11.3 Å². The number of hydrogen-bond acceptors (Lipinski definition) is 3. The van der Waals surface area contributed by atoms with E-state index in [4.69, 9.17) is 0 Å². The number of halogens is 3. The van der Waals surface area contributed by atoms with Crippen molar-refractivity contribution in [3.05, 3.63) is 29.8 Å². The van der Waals surface area contributed by atoms with Crippen molar-refractivity contribution < 1.29 is 18.3 Å². The average molecular weight is 321 g/mol. The molecular weight excluding hydrogens is 302 g/mol. The van der Waals surface area contributed by atoms with Gasteiger partial charge in [0, 0.05) is 13.1 Å². The van der Waals surface area contributed by atoms with Gasteiger partial charge in [-0.15, -0.1) is 12.4 Å². The Kier molecular flexibility index (Phi) is 7.39. The Hall–Kier alpha value is -1.40. The summed E-state index contributed by atoms with van der Waals surface area (Å²) in [6.45, 7) is -0.744. The molecule has 0 radical (unpaired) electrons. The van der Waals surface area contributed by atoms with Gasteiger partial charge in [-0.3, -0.25) is 4.79 Å². The maximum absolute atomic E-state index is 12.0. The summed E-state index contributed by atoms with van der Waals surface area (Å²) in [5.74, 6) is 0.168. The van der Waals surface area contributed by atoms with Crippen LogP contribution in [0.2, 0.25) is 0 Å². The summed E-state index contributed by atoms with van der Waals surface area (Å²) in [6.07, 6.45) is 1.91. The van der Waals surface area contributed by atoms with Crippen molar-refractivity contribution in [1.29, 1.82) is 0 Å². The van der Waals surface area contributed by atoms with Crippen LogP contribution in [0.5, 0.6) is 5.75 Å². The molecule has 118 valence electrons. The zero-order valence-corrected chi connectivity index (χ0v) is 12.3. The zero-order valence-electron chi connectivity index (χ0n) is 11.5. The molecule has 0 saturated carbocycles. The fraction of sp³-hybridized carbons (Fsp3) is 0.500. The molecule has 2 rings (SSSR count). The highest BCUT2D eigenvalue weighted by atomic mass is 35.5. The van der Waals surface area contributed by atoms with E-state index in [0.29, 0.717) is 13.1 Å². The zero-order chi connectivity index (χ0) is 14.4. The monoisotopic (exact) mass is 320 g/mol. The van der Waals surface area contributed by atoms with E-state index in [0.717, 1.165) is 24.9 Å². The molecule has 0 spiro atoms. The Bertz CT molecular complexity index is 437. The molecule has 2 N–H and O–H groups in total. The first kappa shape index (κ1) is 17.7. The van der Waals surface area contributed by atoms with Crippen molar-refractivity contribution in [2.24, 2.45) is 5.92 Å². The third kappa shape index (κ3) is 5.85. The van der Waals surface area contributed by atoms with E-state index in [-0.39, 0.29) is 30.0 Å². The largest absolute Gasteiger partial charge is 0.435 e. The summed E-state index contributed by atoms with van der Waals surface area (Å²) in [7, 11) is 0. The van der Waals surface area contributed by atoms with Gasteiger partial charge in [0.25, 0.3) is 0 Å². The maximum atomic E-state index is 12.0. The number of piperidine rings is 1. The van der Waals surface area contributed by atoms with Gasteiger partial charge in [0.2, 0.25) is 5.91 Å². The highest BCUT2D eigenvalue weighted by molar-refractivity contribution is 5.85. The molecule has 0 bridgehead atoms. The minimum absolute atomic E-state index is 0. The van der Waals surface area contributed by atoms with Crippen molar-refractivity contribution in [1.82, 2.24) is 10.6 Å². The molecule has 1 saturated heterocycles. The van der Waals surface area contributed by atoms with Crippen molar-refractivity contribution >= 4 is 18.3 Å². The maximum Gasteiger partial charge on any atom is 0.387 e. The number of carbonyl (C=O) groups excluding carboxylic acids is 1. The molecule has 1 fully saturated rings. The second kappa shape index (κ2) is 8.79. The van der Waals surface area contributed by atoms with Crippen molar-refractivity contribution in [2.45, 2.75) is 26.0 Å². The molecule has 0 aromatic heterocycles. The second-order valence-corrected chi connectivity index (χ2v) is 4.78. The predicted octanol–water partition coefficient (Wildman–Crippen LogP) is 2.33. The average Bonchev–Trinajstić information content (AvgIpc) is 2.46. The summed E-state index contributed by atoms with van der Waals surface area (Å²) < 4.78 is 28.3. The summed E-state index contributed by atoms with van der Waals surface area (Å²) >= 11 is 0. The van der Waals surface area contributed by atoms with Gasteiger partial charge in [0.15, 0.2) is 0 Å². The second-order valence-electron chi connectivity index (χ2n) is 4.78. The molecule has 1 aromatic carbocycles. The van der Waals surface area contributed by atoms with Gasteiger partial charge in [0.05, 0.1) is 5.92 Å². The molecule has 21 heavy (non-hydrogen) atoms. The highest BCUT2D eigenvalue weighted by Crippen LogP contribution is 2.15. The number of benzene rings is 1. The van der Waals surface area contributed by atoms with Crippen LogP contribution in [0.4, 0.5) is 8.78 Å². The van der Waals surface area contributed by atoms with Crippen LogP contribution in [0.15, 0.2) is 24.3 Å². The Morgan fingerprint density at radius 1 is 1.38 bits per heavy atom. The van der Waals surface area contributed by atoms with Crippen LogP contribution in [-0.4, -0.2) is 25.6 Å². The number of ether oxygens (including phenoxy) is 1. The molecule has 0 aliphatic carbocycles. The Balaban J connectivity index is 0.00000220. The van der Waals surface area contributed by atoms with E-state index < -0.39 is 6.61 Å². The first-order chi connectivity index (χ1) is 9.65. The molecular formula is C14H19ClF2N2O2. The van der Waals surface area contributed by atoms with Crippen molar-refractivity contribution in [3.8, 4) is 5.75 Å². The van der Waals surface area contributed by atoms with Crippen LogP contribution in [0.25, 0.3) is 0 Å². The first-order valence-electron chi connectivity index (χ1n) is 6.67. The minimum Gasteiger partial charge on any atom is -0.435 e. The minimum atomic E-state index is -2.82. The van der Waals surface area contributed by atoms with Gasteiger partial charge in [-0.25, -0.2) is 0 Å². The Labute approximate surface area is 128 Å². The van der Waals surface area contributed by atoms with Crippen LogP contribution >= 0.6 is 12.4 Å². The van der Waals surface area contributed by atoms with Crippen LogP contribution in [0, 0.1) is 5.92 Å². The molecule has 1 aromatic rings. The fourth-order valence-electron chi connectivity index (χ4n) is 2.20. The Morgan fingerprint density at radius 3 is 2.67 bits per heavy atom. The van der Waals surface area contributed by atoms with E-state index in [1.165, 1.54) is 12.1 Å². The molecule has 1 atom stereocenters. The van der Waals surface area contributed by atoms with Gasteiger partial charge in [-0.05, 0) is 37.1 Å². The van der Waals surface area contributed by atoms with Gasteiger partial charge < -0.3 is 15.4 Å². The summed E-state index contributed by atoms with van der Waals surface area (Å²) in [4.78, 5) is 11.9. The van der Waals surface area contributed by atoms with E-state index in [2.05, 4.69) is 15.4 Å². The van der Waals surface area contributed by atoms with Crippen LogP contribution in [0.3, 0.4) is 0 Å². The number of nitrogens with one attached hydrogen (secondary N) is 2. The lowest BCUT2D eigenvalue weighted by Gasteiger charge is -2.21. The normalized spacial score (nSPS) is 18.0. The van der Waals surface area contributed by atoms with Crippen LogP contribution in [0.1, 0.15) is 18.4 Å². The molecule has 4 nitrogen and oxygen atoms in total. The summed E-state index contributed by atoms with van der Waals surface area (Å²) in [6, 6.07) is 6.26. The molecule has 1 aliphatic heterocycles. The Morgan fingerprint density at radius 2 is 2.10 bits per heavy atom. The number of carbonyl (C=O) groups is 1. The molecule has 7 heteroatoms. The SMILES string of the molecule is Cl.O=C(NCc1ccc(OC(F)F)cc1)[C@@H]1CCCNC1. The van der Waals surface area contributed by atoms with E-state index in [1.807, 2.05) is 0 Å². The fourth-order valence-corrected chi connectivity index (χ4v) is 2.20. The smallest absolute Gasteiger partial charge is 0.387 e. The lowest BCUT2D eigenvalue weighted by atomic mass is 9.99. The molecule has 1 heterocycles. The lowest BCUT2D eigenvalue weighted by molar-refractivity contribution is -0.125.